The molecule has 0 saturated heterocycles. The highest BCUT2D eigenvalue weighted by Gasteiger charge is 2.19. The third-order valence-corrected chi connectivity index (χ3v) is 3.20. The van der Waals surface area contributed by atoms with Gasteiger partial charge in [-0.15, -0.1) is 0 Å². The molecule has 0 radical (unpaired) electrons. The third-order valence-electron chi connectivity index (χ3n) is 3.20. The maximum Gasteiger partial charge on any atom is 0.265 e. The Kier molecular flexibility index (Phi) is 2.58. The van der Waals surface area contributed by atoms with E-state index in [1.807, 2.05) is 37.6 Å². The molecule has 0 fully saturated rings. The van der Waals surface area contributed by atoms with Crippen molar-refractivity contribution in [3.8, 4) is 5.75 Å². The highest BCUT2D eigenvalue weighted by Crippen LogP contribution is 2.34. The summed E-state index contributed by atoms with van der Waals surface area (Å²) < 4.78 is 7.18. The lowest BCUT2D eigenvalue weighted by Crippen LogP contribution is -2.16. The summed E-state index contributed by atoms with van der Waals surface area (Å²) in [7, 11) is 3.47. The van der Waals surface area contributed by atoms with Crippen LogP contribution in [0.2, 0.25) is 0 Å². The minimum Gasteiger partial charge on any atom is -0.496 e. The summed E-state index contributed by atoms with van der Waals surface area (Å²) in [6.45, 7) is 3.90. The molecule has 0 aliphatic rings. The molecule has 2 rings (SSSR count). The Morgan fingerprint density at radius 2 is 2.00 bits per heavy atom. The number of carbonyl (C=O) groups is 1. The Morgan fingerprint density at radius 1 is 1.35 bits per heavy atom. The Balaban J connectivity index is 3.01. The lowest BCUT2D eigenvalue weighted by molar-refractivity contribution is 0.0992. The highest BCUT2D eigenvalue weighted by atomic mass is 16.5. The van der Waals surface area contributed by atoms with Crippen LogP contribution in [-0.4, -0.2) is 17.6 Å². The minimum atomic E-state index is -0.414. The van der Waals surface area contributed by atoms with Gasteiger partial charge < -0.3 is 15.0 Å². The number of hydrogen-bond acceptors (Lipinski definition) is 2. The van der Waals surface area contributed by atoms with Crippen molar-refractivity contribution in [2.24, 2.45) is 12.8 Å². The Hall–Kier alpha value is -1.97. The summed E-state index contributed by atoms with van der Waals surface area (Å²) in [6, 6.07) is 3.89. The number of ether oxygens (including phenoxy) is 1. The van der Waals surface area contributed by atoms with Crippen LogP contribution in [0.5, 0.6) is 5.75 Å². The second kappa shape index (κ2) is 3.80. The SMILES string of the molecule is COc1ccc(C)c2c1c(C)c(C(N)=O)n2C. The first-order valence-electron chi connectivity index (χ1n) is 5.41. The largest absolute Gasteiger partial charge is 0.496 e. The van der Waals surface area contributed by atoms with Crippen LogP contribution in [0, 0.1) is 13.8 Å². The fraction of sp³-hybridized carbons (Fsp3) is 0.308. The van der Waals surface area contributed by atoms with Crippen LogP contribution in [-0.2, 0) is 7.05 Å². The van der Waals surface area contributed by atoms with Crippen molar-refractivity contribution in [3.05, 3.63) is 29.0 Å². The maximum atomic E-state index is 11.5. The zero-order valence-electron chi connectivity index (χ0n) is 10.5. The zero-order chi connectivity index (χ0) is 12.7. The summed E-state index contributed by atoms with van der Waals surface area (Å²) in [5, 5.41) is 0.962. The fourth-order valence-corrected chi connectivity index (χ4v) is 2.47. The number of amides is 1. The first kappa shape index (κ1) is 11.5. The van der Waals surface area contributed by atoms with Crippen molar-refractivity contribution in [1.82, 2.24) is 4.57 Å². The van der Waals surface area contributed by atoms with E-state index in [0.717, 1.165) is 27.8 Å². The van der Waals surface area contributed by atoms with Gasteiger partial charge in [0.2, 0.25) is 0 Å². The van der Waals surface area contributed by atoms with E-state index in [-0.39, 0.29) is 0 Å². The van der Waals surface area contributed by atoms with Gasteiger partial charge in [-0.05, 0) is 31.0 Å². The molecule has 0 unspecified atom stereocenters. The summed E-state index contributed by atoms with van der Waals surface area (Å²) in [6.07, 6.45) is 0. The van der Waals surface area contributed by atoms with Gasteiger partial charge in [0.1, 0.15) is 11.4 Å². The molecule has 1 amide bonds. The molecule has 0 aliphatic carbocycles. The van der Waals surface area contributed by atoms with Crippen LogP contribution in [0.15, 0.2) is 12.1 Å². The van der Waals surface area contributed by atoms with Crippen LogP contribution in [0.4, 0.5) is 0 Å². The van der Waals surface area contributed by atoms with E-state index in [1.54, 1.807) is 7.11 Å². The maximum absolute atomic E-state index is 11.5. The average Bonchev–Trinajstić information content (AvgIpc) is 2.53. The van der Waals surface area contributed by atoms with Crippen LogP contribution >= 0.6 is 0 Å². The molecular formula is C13H16N2O2. The second-order valence-electron chi connectivity index (χ2n) is 4.21. The third kappa shape index (κ3) is 1.48. The standard InChI is InChI=1S/C13H16N2O2/c1-7-5-6-9(17-4)10-8(2)12(13(14)16)15(3)11(7)10/h5-6H,1-4H3,(H2,14,16). The number of rotatable bonds is 2. The van der Waals surface area contributed by atoms with Crippen LogP contribution in [0.1, 0.15) is 21.6 Å². The van der Waals surface area contributed by atoms with Gasteiger partial charge in [-0.3, -0.25) is 4.79 Å². The summed E-state index contributed by atoms with van der Waals surface area (Å²) in [5.41, 5.74) is 8.92. The number of nitrogens with two attached hydrogens (primary N) is 1. The Labute approximate surface area is 100.0 Å². The lowest BCUT2D eigenvalue weighted by atomic mass is 10.1. The molecule has 90 valence electrons. The summed E-state index contributed by atoms with van der Waals surface area (Å²) in [5.74, 6) is 0.355. The van der Waals surface area contributed by atoms with Crippen LogP contribution < -0.4 is 10.5 Å². The molecule has 4 nitrogen and oxygen atoms in total. The molecule has 0 spiro atoms. The molecule has 4 heteroatoms. The molecule has 1 aromatic heterocycles. The topological polar surface area (TPSA) is 57.2 Å². The van der Waals surface area contributed by atoms with E-state index in [2.05, 4.69) is 0 Å². The molecule has 2 N–H and O–H groups in total. The lowest BCUT2D eigenvalue weighted by Gasteiger charge is -2.06. The molecule has 0 aliphatic heterocycles. The highest BCUT2D eigenvalue weighted by molar-refractivity contribution is 6.03. The Morgan fingerprint density at radius 3 is 2.53 bits per heavy atom. The molecule has 0 atom stereocenters. The van der Waals surface area contributed by atoms with Gasteiger partial charge in [0.15, 0.2) is 0 Å². The van der Waals surface area contributed by atoms with Crippen molar-refractivity contribution >= 4 is 16.8 Å². The van der Waals surface area contributed by atoms with Gasteiger partial charge in [-0.1, -0.05) is 6.07 Å². The minimum absolute atomic E-state index is 0.414. The number of aryl methyl sites for hydroxylation is 3. The van der Waals surface area contributed by atoms with E-state index in [4.69, 9.17) is 10.5 Å². The van der Waals surface area contributed by atoms with Gasteiger partial charge in [-0.2, -0.15) is 0 Å². The molecule has 0 bridgehead atoms. The molecule has 0 saturated carbocycles. The Bertz CT molecular complexity index is 612. The van der Waals surface area contributed by atoms with Crippen LogP contribution in [0.25, 0.3) is 10.9 Å². The smallest absolute Gasteiger partial charge is 0.265 e. The number of carbonyl (C=O) groups excluding carboxylic acids is 1. The monoisotopic (exact) mass is 232 g/mol. The van der Waals surface area contributed by atoms with Crippen molar-refractivity contribution in [2.75, 3.05) is 7.11 Å². The van der Waals surface area contributed by atoms with Gasteiger partial charge in [0.05, 0.1) is 12.6 Å². The van der Waals surface area contributed by atoms with Gasteiger partial charge >= 0.3 is 0 Å². The van der Waals surface area contributed by atoms with Gasteiger partial charge in [-0.25, -0.2) is 0 Å². The normalized spacial score (nSPS) is 10.8. The van der Waals surface area contributed by atoms with E-state index < -0.39 is 5.91 Å². The number of hydrogen-bond donors (Lipinski definition) is 1. The van der Waals surface area contributed by atoms with E-state index in [1.165, 1.54) is 0 Å². The fourth-order valence-electron chi connectivity index (χ4n) is 2.47. The molecule has 17 heavy (non-hydrogen) atoms. The average molecular weight is 232 g/mol. The quantitative estimate of drug-likeness (QED) is 0.859. The zero-order valence-corrected chi connectivity index (χ0v) is 10.5. The number of aromatic nitrogens is 1. The predicted molar refractivity (Wildman–Crippen MR) is 67.5 cm³/mol. The predicted octanol–water partition coefficient (Wildman–Crippen LogP) is 1.90. The summed E-state index contributed by atoms with van der Waals surface area (Å²) in [4.78, 5) is 11.5. The number of nitrogens with zero attached hydrogens (tertiary/aromatic N) is 1. The molecule has 1 aromatic carbocycles. The number of fused-ring (bicyclic) bond motifs is 1. The number of benzene rings is 1. The number of methoxy groups -OCH3 is 1. The van der Waals surface area contributed by atoms with E-state index >= 15 is 0 Å². The molecule has 1 heterocycles. The van der Waals surface area contributed by atoms with Crippen molar-refractivity contribution in [3.63, 3.8) is 0 Å². The molecule has 2 aromatic rings. The van der Waals surface area contributed by atoms with Gasteiger partial charge in [0, 0.05) is 12.4 Å². The first-order valence-corrected chi connectivity index (χ1v) is 5.41. The first-order chi connectivity index (χ1) is 7.99. The number of primary amides is 1. The van der Waals surface area contributed by atoms with Crippen molar-refractivity contribution in [2.45, 2.75) is 13.8 Å². The van der Waals surface area contributed by atoms with E-state index in [9.17, 15) is 4.79 Å². The van der Waals surface area contributed by atoms with Crippen molar-refractivity contribution < 1.29 is 9.53 Å². The van der Waals surface area contributed by atoms with Gasteiger partial charge in [0.25, 0.3) is 5.91 Å². The van der Waals surface area contributed by atoms with Crippen molar-refractivity contribution in [1.29, 1.82) is 0 Å². The molecular weight excluding hydrogens is 216 g/mol. The second-order valence-corrected chi connectivity index (χ2v) is 4.21. The van der Waals surface area contributed by atoms with Crippen LogP contribution in [0.3, 0.4) is 0 Å². The summed E-state index contributed by atoms with van der Waals surface area (Å²) >= 11 is 0. The van der Waals surface area contributed by atoms with E-state index in [0.29, 0.717) is 5.69 Å².